The monoisotopic (exact) mass is 526 g/mol. The highest BCUT2D eigenvalue weighted by Crippen LogP contribution is 2.47. The van der Waals surface area contributed by atoms with Crippen LogP contribution in [0.15, 0.2) is 121 Å². The SMILES string of the molecule is Cc1cc2c(c(Nc3cccc(-c4ccccc4)c3-c3cccc4c3[nH]c3ccccc34)c1C)Cc1ccccc1-2. The zero-order chi connectivity index (χ0) is 27.5. The highest BCUT2D eigenvalue weighted by molar-refractivity contribution is 6.14. The molecule has 1 aliphatic rings. The Morgan fingerprint density at radius 3 is 2.22 bits per heavy atom. The Kier molecular flexibility index (Phi) is 5.36. The minimum Gasteiger partial charge on any atom is -0.355 e. The zero-order valence-corrected chi connectivity index (χ0v) is 23.3. The molecule has 41 heavy (non-hydrogen) atoms. The zero-order valence-electron chi connectivity index (χ0n) is 23.3. The van der Waals surface area contributed by atoms with E-state index in [1.165, 1.54) is 77.6 Å². The predicted molar refractivity (Wildman–Crippen MR) is 174 cm³/mol. The number of H-pyrrole nitrogens is 1. The summed E-state index contributed by atoms with van der Waals surface area (Å²) >= 11 is 0. The number of aryl methyl sites for hydroxylation is 1. The first kappa shape index (κ1) is 23.8. The van der Waals surface area contributed by atoms with Crippen LogP contribution in [0.2, 0.25) is 0 Å². The molecule has 0 saturated heterocycles. The summed E-state index contributed by atoms with van der Waals surface area (Å²) < 4.78 is 0. The summed E-state index contributed by atoms with van der Waals surface area (Å²) in [6.07, 6.45) is 0.945. The number of hydrogen-bond donors (Lipinski definition) is 2. The van der Waals surface area contributed by atoms with Crippen LogP contribution in [0.5, 0.6) is 0 Å². The summed E-state index contributed by atoms with van der Waals surface area (Å²) in [4.78, 5) is 3.76. The number of fused-ring (bicyclic) bond motifs is 6. The highest BCUT2D eigenvalue weighted by atomic mass is 14.9. The van der Waals surface area contributed by atoms with Gasteiger partial charge in [0.05, 0.1) is 5.52 Å². The first-order valence-electron chi connectivity index (χ1n) is 14.3. The van der Waals surface area contributed by atoms with Crippen LogP contribution < -0.4 is 5.32 Å². The Morgan fingerprint density at radius 2 is 1.32 bits per heavy atom. The summed E-state index contributed by atoms with van der Waals surface area (Å²) in [5.41, 5.74) is 17.6. The van der Waals surface area contributed by atoms with Crippen molar-refractivity contribution in [2.24, 2.45) is 0 Å². The van der Waals surface area contributed by atoms with Crippen LogP contribution in [0, 0.1) is 13.8 Å². The molecular formula is C39H30N2. The lowest BCUT2D eigenvalue weighted by Crippen LogP contribution is -2.03. The van der Waals surface area contributed by atoms with Gasteiger partial charge in [-0.3, -0.25) is 0 Å². The van der Waals surface area contributed by atoms with Gasteiger partial charge >= 0.3 is 0 Å². The van der Waals surface area contributed by atoms with Crippen LogP contribution in [0.3, 0.4) is 0 Å². The molecule has 2 heteroatoms. The Labute approximate surface area is 240 Å². The molecule has 0 radical (unpaired) electrons. The number of anilines is 2. The fraction of sp³-hybridized carbons (Fsp3) is 0.0769. The maximum absolute atomic E-state index is 4.01. The topological polar surface area (TPSA) is 27.8 Å². The molecule has 0 spiro atoms. The van der Waals surface area contributed by atoms with E-state index in [4.69, 9.17) is 0 Å². The van der Waals surface area contributed by atoms with Crippen molar-refractivity contribution >= 4 is 33.2 Å². The maximum atomic E-state index is 4.01. The van der Waals surface area contributed by atoms with Crippen molar-refractivity contribution < 1.29 is 0 Å². The van der Waals surface area contributed by atoms with E-state index >= 15 is 0 Å². The summed E-state index contributed by atoms with van der Waals surface area (Å²) in [5.74, 6) is 0. The van der Waals surface area contributed by atoms with Gasteiger partial charge in [0.1, 0.15) is 0 Å². The number of nitrogens with one attached hydrogen (secondary N) is 2. The molecule has 2 nitrogen and oxygen atoms in total. The van der Waals surface area contributed by atoms with E-state index in [9.17, 15) is 0 Å². The van der Waals surface area contributed by atoms with E-state index in [2.05, 4.69) is 145 Å². The molecule has 196 valence electrons. The van der Waals surface area contributed by atoms with Crippen molar-refractivity contribution in [1.82, 2.24) is 4.98 Å². The van der Waals surface area contributed by atoms with Crippen LogP contribution in [-0.2, 0) is 6.42 Å². The van der Waals surface area contributed by atoms with Crippen LogP contribution in [0.4, 0.5) is 11.4 Å². The van der Waals surface area contributed by atoms with Crippen LogP contribution in [0.25, 0.3) is 55.2 Å². The third kappa shape index (κ3) is 3.72. The molecule has 1 heterocycles. The van der Waals surface area contributed by atoms with E-state index in [-0.39, 0.29) is 0 Å². The molecule has 7 aromatic rings. The van der Waals surface area contributed by atoms with Gasteiger partial charge in [-0.15, -0.1) is 0 Å². The third-order valence-electron chi connectivity index (χ3n) is 8.85. The molecule has 0 bridgehead atoms. The summed E-state index contributed by atoms with van der Waals surface area (Å²) in [6.45, 7) is 4.48. The van der Waals surface area contributed by atoms with E-state index in [1.807, 2.05) is 0 Å². The van der Waals surface area contributed by atoms with Crippen LogP contribution in [0.1, 0.15) is 22.3 Å². The van der Waals surface area contributed by atoms with Gasteiger partial charge in [0.25, 0.3) is 0 Å². The lowest BCUT2D eigenvalue weighted by Gasteiger charge is -2.22. The van der Waals surface area contributed by atoms with Crippen molar-refractivity contribution in [1.29, 1.82) is 0 Å². The van der Waals surface area contributed by atoms with Gasteiger partial charge in [-0.2, -0.15) is 0 Å². The van der Waals surface area contributed by atoms with E-state index < -0.39 is 0 Å². The Bertz CT molecular complexity index is 2110. The third-order valence-corrected chi connectivity index (χ3v) is 8.85. The number of para-hydroxylation sites is 2. The van der Waals surface area contributed by atoms with Crippen LogP contribution >= 0.6 is 0 Å². The van der Waals surface area contributed by atoms with Gasteiger partial charge in [-0.05, 0) is 70.5 Å². The lowest BCUT2D eigenvalue weighted by atomic mass is 9.91. The molecule has 0 amide bonds. The predicted octanol–water partition coefficient (Wildman–Crippen LogP) is 10.6. The van der Waals surface area contributed by atoms with Crippen molar-refractivity contribution in [3.8, 4) is 33.4 Å². The fourth-order valence-electron chi connectivity index (χ4n) is 6.71. The van der Waals surface area contributed by atoms with Gasteiger partial charge in [-0.1, -0.05) is 109 Å². The molecule has 0 aliphatic heterocycles. The van der Waals surface area contributed by atoms with E-state index in [0.717, 1.165) is 17.6 Å². The van der Waals surface area contributed by atoms with Crippen molar-refractivity contribution in [3.63, 3.8) is 0 Å². The van der Waals surface area contributed by atoms with Gasteiger partial charge in [-0.25, -0.2) is 0 Å². The van der Waals surface area contributed by atoms with Crippen molar-refractivity contribution in [2.45, 2.75) is 20.3 Å². The number of rotatable bonds is 4. The number of benzene rings is 6. The number of aromatic nitrogens is 1. The first-order valence-corrected chi connectivity index (χ1v) is 14.3. The van der Waals surface area contributed by atoms with Crippen LogP contribution in [-0.4, -0.2) is 4.98 Å². The molecule has 0 saturated carbocycles. The molecule has 2 N–H and O–H groups in total. The Balaban J connectivity index is 1.39. The lowest BCUT2D eigenvalue weighted by molar-refractivity contribution is 1.23. The maximum Gasteiger partial charge on any atom is 0.0545 e. The van der Waals surface area contributed by atoms with Gasteiger partial charge in [0.2, 0.25) is 0 Å². The van der Waals surface area contributed by atoms with Gasteiger partial charge in [0, 0.05) is 45.2 Å². The standard InChI is InChI=1S/C39H30N2/c1-24-22-33-28-15-7-6-14-27(28)23-34(33)38(25(24)2)41-36-21-11-17-29(26-12-4-3-5-13-26)37(36)32-19-10-18-31-30-16-8-9-20-35(30)40-39(31)32/h3-22,40-41H,23H2,1-2H3. The molecule has 0 unspecified atom stereocenters. The summed E-state index contributed by atoms with van der Waals surface area (Å²) in [5, 5.41) is 6.51. The molecule has 1 aromatic heterocycles. The van der Waals surface area contributed by atoms with Gasteiger partial charge in [0.15, 0.2) is 0 Å². The van der Waals surface area contributed by atoms with E-state index in [0.29, 0.717) is 0 Å². The molecule has 6 aromatic carbocycles. The first-order chi connectivity index (χ1) is 20.2. The molecule has 8 rings (SSSR count). The number of hydrogen-bond acceptors (Lipinski definition) is 1. The second kappa shape index (κ2) is 9.25. The average molecular weight is 527 g/mol. The summed E-state index contributed by atoms with van der Waals surface area (Å²) in [6, 6.07) is 43.9. The fourth-order valence-corrected chi connectivity index (χ4v) is 6.71. The van der Waals surface area contributed by atoms with Crippen molar-refractivity contribution in [3.05, 3.63) is 144 Å². The minimum atomic E-state index is 0.945. The number of aromatic amines is 1. The Morgan fingerprint density at radius 1 is 0.610 bits per heavy atom. The highest BCUT2D eigenvalue weighted by Gasteiger charge is 2.25. The largest absolute Gasteiger partial charge is 0.355 e. The summed E-state index contributed by atoms with van der Waals surface area (Å²) in [7, 11) is 0. The second-order valence-electron chi connectivity index (χ2n) is 11.2. The second-order valence-corrected chi connectivity index (χ2v) is 11.2. The molecular weight excluding hydrogens is 496 g/mol. The molecule has 1 aliphatic carbocycles. The minimum absolute atomic E-state index is 0.945. The normalized spacial score (nSPS) is 12.0. The van der Waals surface area contributed by atoms with Crippen molar-refractivity contribution in [2.75, 3.05) is 5.32 Å². The van der Waals surface area contributed by atoms with Gasteiger partial charge < -0.3 is 10.3 Å². The Hall–Kier alpha value is -5.08. The van der Waals surface area contributed by atoms with E-state index in [1.54, 1.807) is 0 Å². The smallest absolute Gasteiger partial charge is 0.0545 e. The average Bonchev–Trinajstić information content (AvgIpc) is 3.58. The molecule has 0 atom stereocenters. The quantitative estimate of drug-likeness (QED) is 0.234. The molecule has 0 fully saturated rings.